The number of amides is 1. The van der Waals surface area contributed by atoms with E-state index in [1.54, 1.807) is 0 Å². The molecule has 19 heavy (non-hydrogen) atoms. The van der Waals surface area contributed by atoms with E-state index in [0.29, 0.717) is 25.2 Å². The summed E-state index contributed by atoms with van der Waals surface area (Å²) in [6.45, 7) is 0.522. The Bertz CT molecular complexity index is 494. The fourth-order valence-electron chi connectivity index (χ4n) is 1.40. The predicted molar refractivity (Wildman–Crippen MR) is 61.8 cm³/mol. The van der Waals surface area contributed by atoms with Gasteiger partial charge in [-0.05, 0) is 12.5 Å². The second-order valence-corrected chi connectivity index (χ2v) is 3.61. The molecule has 0 saturated carbocycles. The summed E-state index contributed by atoms with van der Waals surface area (Å²) in [7, 11) is 1.47. The second kappa shape index (κ2) is 6.74. The Morgan fingerprint density at radius 3 is 2.74 bits per heavy atom. The lowest BCUT2D eigenvalue weighted by Crippen LogP contribution is -2.27. The molecule has 104 valence electrons. The summed E-state index contributed by atoms with van der Waals surface area (Å²) in [4.78, 5) is 21.1. The molecule has 0 radical (unpaired) electrons. The van der Waals surface area contributed by atoms with Gasteiger partial charge in [0, 0.05) is 26.3 Å². The van der Waals surface area contributed by atoms with Crippen LogP contribution >= 0.6 is 0 Å². The van der Waals surface area contributed by atoms with Gasteiger partial charge in [0.2, 0.25) is 5.82 Å². The summed E-state index contributed by atoms with van der Waals surface area (Å²) < 4.78 is 31.8. The Balaban J connectivity index is 2.90. The van der Waals surface area contributed by atoms with Crippen molar-refractivity contribution in [3.8, 4) is 0 Å². The fourth-order valence-corrected chi connectivity index (χ4v) is 1.40. The third-order valence-electron chi connectivity index (χ3n) is 2.31. The molecule has 0 spiro atoms. The number of benzene rings is 1. The maximum Gasteiger partial charge on any atom is 0.305 e. The highest BCUT2D eigenvalue weighted by Crippen LogP contribution is 2.22. The van der Waals surface area contributed by atoms with Crippen molar-refractivity contribution in [1.29, 1.82) is 0 Å². The average Bonchev–Trinajstić information content (AvgIpc) is 2.34. The Morgan fingerprint density at radius 1 is 1.47 bits per heavy atom. The zero-order valence-electron chi connectivity index (χ0n) is 10.1. The zero-order chi connectivity index (χ0) is 14.4. The van der Waals surface area contributed by atoms with Gasteiger partial charge in [0.05, 0.1) is 4.92 Å². The Hall–Kier alpha value is -2.09. The van der Waals surface area contributed by atoms with Crippen LogP contribution in [0.3, 0.4) is 0 Å². The summed E-state index contributed by atoms with van der Waals surface area (Å²) >= 11 is 0. The molecule has 6 nitrogen and oxygen atoms in total. The van der Waals surface area contributed by atoms with Crippen molar-refractivity contribution in [3.63, 3.8) is 0 Å². The Labute approximate surface area is 107 Å². The van der Waals surface area contributed by atoms with Gasteiger partial charge in [-0.3, -0.25) is 14.9 Å². The van der Waals surface area contributed by atoms with Gasteiger partial charge in [-0.25, -0.2) is 4.39 Å². The van der Waals surface area contributed by atoms with Gasteiger partial charge >= 0.3 is 5.69 Å². The maximum absolute atomic E-state index is 13.6. The predicted octanol–water partition coefficient (Wildman–Crippen LogP) is 1.64. The third-order valence-corrected chi connectivity index (χ3v) is 2.31. The van der Waals surface area contributed by atoms with Gasteiger partial charge in [0.15, 0.2) is 0 Å². The second-order valence-electron chi connectivity index (χ2n) is 3.61. The minimum atomic E-state index is -1.48. The van der Waals surface area contributed by atoms with Crippen molar-refractivity contribution in [3.05, 3.63) is 39.4 Å². The molecule has 0 aliphatic heterocycles. The van der Waals surface area contributed by atoms with Crippen LogP contribution in [-0.2, 0) is 4.74 Å². The first kappa shape index (κ1) is 15.0. The summed E-state index contributed by atoms with van der Waals surface area (Å²) in [5.41, 5.74) is -1.89. The largest absolute Gasteiger partial charge is 0.385 e. The van der Waals surface area contributed by atoms with E-state index in [1.807, 2.05) is 0 Å². The molecule has 1 rings (SSSR count). The summed E-state index contributed by atoms with van der Waals surface area (Å²) in [6.07, 6.45) is 0.459. The highest BCUT2D eigenvalue weighted by molar-refractivity contribution is 5.95. The standard InChI is InChI=1S/C11H12F2N2O4/c1-19-6-2-5-14-11(16)9-7(12)3-4-8(10(9)13)15(17)18/h3-4H,2,5-6H2,1H3,(H,14,16). The zero-order valence-corrected chi connectivity index (χ0v) is 10.1. The lowest BCUT2D eigenvalue weighted by Gasteiger charge is -2.07. The number of nitro groups is 1. The van der Waals surface area contributed by atoms with Crippen molar-refractivity contribution in [2.24, 2.45) is 0 Å². The highest BCUT2D eigenvalue weighted by Gasteiger charge is 2.25. The van der Waals surface area contributed by atoms with Crippen molar-refractivity contribution in [2.45, 2.75) is 6.42 Å². The molecule has 1 aromatic rings. The lowest BCUT2D eigenvalue weighted by atomic mass is 10.1. The molecule has 0 bridgehead atoms. The van der Waals surface area contributed by atoms with E-state index in [1.165, 1.54) is 7.11 Å². The van der Waals surface area contributed by atoms with Gasteiger partial charge in [-0.2, -0.15) is 4.39 Å². The molecule has 0 saturated heterocycles. The fraction of sp³-hybridized carbons (Fsp3) is 0.364. The van der Waals surface area contributed by atoms with E-state index in [-0.39, 0.29) is 6.54 Å². The van der Waals surface area contributed by atoms with Crippen LogP contribution in [0, 0.1) is 21.7 Å². The molecular formula is C11H12F2N2O4. The quantitative estimate of drug-likeness (QED) is 0.485. The number of nitro benzene ring substituents is 1. The molecule has 0 aromatic heterocycles. The van der Waals surface area contributed by atoms with E-state index in [0.717, 1.165) is 0 Å². The first-order chi connectivity index (χ1) is 8.99. The van der Waals surface area contributed by atoms with Crippen LogP contribution in [0.5, 0.6) is 0 Å². The van der Waals surface area contributed by atoms with Crippen LogP contribution in [0.1, 0.15) is 16.8 Å². The first-order valence-electron chi connectivity index (χ1n) is 5.38. The van der Waals surface area contributed by atoms with Gasteiger partial charge in [0.25, 0.3) is 5.91 Å². The minimum Gasteiger partial charge on any atom is -0.385 e. The van der Waals surface area contributed by atoms with E-state index in [9.17, 15) is 23.7 Å². The normalized spacial score (nSPS) is 10.3. The number of carbonyl (C=O) groups excluding carboxylic acids is 1. The van der Waals surface area contributed by atoms with Crippen LogP contribution in [0.4, 0.5) is 14.5 Å². The molecule has 1 amide bonds. The van der Waals surface area contributed by atoms with Crippen LogP contribution in [-0.4, -0.2) is 31.1 Å². The Morgan fingerprint density at radius 2 is 2.16 bits per heavy atom. The van der Waals surface area contributed by atoms with Gasteiger partial charge < -0.3 is 10.1 Å². The molecule has 0 atom stereocenters. The van der Waals surface area contributed by atoms with Gasteiger partial charge in [-0.15, -0.1) is 0 Å². The van der Waals surface area contributed by atoms with Crippen LogP contribution in [0.15, 0.2) is 12.1 Å². The molecule has 0 fully saturated rings. The van der Waals surface area contributed by atoms with Crippen LogP contribution in [0.2, 0.25) is 0 Å². The van der Waals surface area contributed by atoms with Crippen molar-refractivity contribution in [1.82, 2.24) is 5.32 Å². The number of halogens is 2. The number of ether oxygens (including phenoxy) is 1. The van der Waals surface area contributed by atoms with Crippen molar-refractivity contribution >= 4 is 11.6 Å². The van der Waals surface area contributed by atoms with E-state index >= 15 is 0 Å². The minimum absolute atomic E-state index is 0.147. The monoisotopic (exact) mass is 274 g/mol. The Kier molecular flexibility index (Phi) is 5.31. The van der Waals surface area contributed by atoms with Crippen molar-refractivity contribution in [2.75, 3.05) is 20.3 Å². The third kappa shape index (κ3) is 3.68. The molecule has 8 heteroatoms. The average molecular weight is 274 g/mol. The molecule has 1 N–H and O–H groups in total. The van der Waals surface area contributed by atoms with Crippen molar-refractivity contribution < 1.29 is 23.2 Å². The van der Waals surface area contributed by atoms with E-state index in [4.69, 9.17) is 4.74 Å². The number of nitrogens with zero attached hydrogens (tertiary/aromatic N) is 1. The maximum atomic E-state index is 13.6. The first-order valence-corrected chi connectivity index (χ1v) is 5.38. The highest BCUT2D eigenvalue weighted by atomic mass is 19.1. The summed E-state index contributed by atoms with van der Waals surface area (Å²) in [6, 6.07) is 1.36. The summed E-state index contributed by atoms with van der Waals surface area (Å²) in [5, 5.41) is 12.8. The molecular weight excluding hydrogens is 262 g/mol. The van der Waals surface area contributed by atoms with Gasteiger partial charge in [-0.1, -0.05) is 0 Å². The molecule has 1 aromatic carbocycles. The number of nitrogens with one attached hydrogen (secondary N) is 1. The van der Waals surface area contributed by atoms with E-state index in [2.05, 4.69) is 5.32 Å². The number of methoxy groups -OCH3 is 1. The summed E-state index contributed by atoms with van der Waals surface area (Å²) in [5.74, 6) is -3.66. The number of rotatable bonds is 6. The smallest absolute Gasteiger partial charge is 0.305 e. The van der Waals surface area contributed by atoms with Gasteiger partial charge in [0.1, 0.15) is 11.4 Å². The molecule has 0 heterocycles. The lowest BCUT2D eigenvalue weighted by molar-refractivity contribution is -0.387. The molecule has 0 unspecified atom stereocenters. The van der Waals surface area contributed by atoms with Crippen LogP contribution < -0.4 is 5.32 Å². The van der Waals surface area contributed by atoms with Crippen LogP contribution in [0.25, 0.3) is 0 Å². The topological polar surface area (TPSA) is 81.5 Å². The van der Waals surface area contributed by atoms with E-state index < -0.39 is 33.7 Å². The number of hydrogen-bond acceptors (Lipinski definition) is 4. The molecule has 0 aliphatic carbocycles. The SMILES string of the molecule is COCCCNC(=O)c1c(F)ccc([N+](=O)[O-])c1F. The molecule has 0 aliphatic rings. The number of carbonyl (C=O) groups is 1. The number of hydrogen-bond donors (Lipinski definition) is 1.